The van der Waals surface area contributed by atoms with Crippen molar-refractivity contribution in [2.24, 2.45) is 0 Å². The van der Waals surface area contributed by atoms with Crippen LogP contribution in [0.1, 0.15) is 36.4 Å². The fourth-order valence-corrected chi connectivity index (χ4v) is 1.48. The smallest absolute Gasteiger partial charge is 0.372 e. The van der Waals surface area contributed by atoms with Gasteiger partial charge in [-0.25, -0.2) is 4.79 Å². The minimum atomic E-state index is -1.09. The summed E-state index contributed by atoms with van der Waals surface area (Å²) in [7, 11) is 0. The Kier molecular flexibility index (Phi) is 5.38. The Hall–Kier alpha value is -1.82. The Morgan fingerprint density at radius 3 is 2.78 bits per heavy atom. The van der Waals surface area contributed by atoms with E-state index in [-0.39, 0.29) is 17.7 Å². The molecule has 0 atom stereocenters. The molecular weight excluding hydrogens is 236 g/mol. The number of carboxylic acids is 1. The molecule has 1 heterocycles. The van der Waals surface area contributed by atoms with Crippen LogP contribution in [-0.2, 0) is 11.3 Å². The van der Waals surface area contributed by atoms with Crippen molar-refractivity contribution < 1.29 is 19.1 Å². The summed E-state index contributed by atoms with van der Waals surface area (Å²) < 4.78 is 4.84. The molecule has 0 aliphatic rings. The van der Waals surface area contributed by atoms with Crippen LogP contribution in [0.2, 0.25) is 0 Å². The molecule has 1 amide bonds. The van der Waals surface area contributed by atoms with Crippen molar-refractivity contribution in [3.63, 3.8) is 0 Å². The maximum atomic E-state index is 11.3. The number of nitrogens with one attached hydrogen (secondary N) is 2. The molecule has 0 aliphatic carbocycles. The first-order chi connectivity index (χ1) is 8.50. The van der Waals surface area contributed by atoms with Gasteiger partial charge in [-0.1, -0.05) is 0 Å². The van der Waals surface area contributed by atoms with Gasteiger partial charge in [0.2, 0.25) is 11.7 Å². The molecule has 0 saturated carbocycles. The summed E-state index contributed by atoms with van der Waals surface area (Å²) in [5.41, 5.74) is 0.576. The summed E-state index contributed by atoms with van der Waals surface area (Å²) in [6.07, 6.45) is 1.70. The van der Waals surface area contributed by atoms with E-state index in [9.17, 15) is 9.59 Å². The zero-order chi connectivity index (χ0) is 13.5. The van der Waals surface area contributed by atoms with Crippen molar-refractivity contribution in [2.45, 2.75) is 32.9 Å². The maximum absolute atomic E-state index is 11.3. The molecule has 0 unspecified atom stereocenters. The van der Waals surface area contributed by atoms with E-state index in [0.717, 1.165) is 0 Å². The van der Waals surface area contributed by atoms with Gasteiger partial charge in [-0.3, -0.25) is 4.79 Å². The molecule has 100 valence electrons. The Morgan fingerprint density at radius 2 is 2.17 bits per heavy atom. The highest BCUT2D eigenvalue weighted by atomic mass is 16.4. The van der Waals surface area contributed by atoms with E-state index in [1.165, 1.54) is 6.26 Å². The Balaban J connectivity index is 2.28. The highest BCUT2D eigenvalue weighted by molar-refractivity contribution is 5.86. The molecule has 0 saturated heterocycles. The van der Waals surface area contributed by atoms with Gasteiger partial charge in [0, 0.05) is 31.1 Å². The number of amides is 1. The van der Waals surface area contributed by atoms with E-state index in [4.69, 9.17) is 9.52 Å². The molecule has 0 radical (unpaired) electrons. The number of hydrogen-bond donors (Lipinski definition) is 3. The van der Waals surface area contributed by atoms with Crippen LogP contribution in [-0.4, -0.2) is 29.6 Å². The standard InChI is InChI=1S/C12H18N2O4/c1-8(2)14-10(15)3-5-13-7-9-4-6-18-11(9)12(16)17/h4,6,8,13H,3,5,7H2,1-2H3,(H,14,15)(H,16,17). The summed E-state index contributed by atoms with van der Waals surface area (Å²) in [5.74, 6) is -1.17. The third kappa shape index (κ3) is 4.58. The quantitative estimate of drug-likeness (QED) is 0.631. The number of carboxylic acid groups (broad SMARTS) is 1. The van der Waals surface area contributed by atoms with Crippen molar-refractivity contribution >= 4 is 11.9 Å². The molecule has 6 heteroatoms. The summed E-state index contributed by atoms with van der Waals surface area (Å²) in [4.78, 5) is 22.1. The minimum Gasteiger partial charge on any atom is -0.475 e. The zero-order valence-electron chi connectivity index (χ0n) is 10.5. The van der Waals surface area contributed by atoms with Crippen molar-refractivity contribution in [2.75, 3.05) is 6.54 Å². The summed E-state index contributed by atoms with van der Waals surface area (Å²) in [6, 6.07) is 1.73. The van der Waals surface area contributed by atoms with Crippen molar-refractivity contribution in [3.05, 3.63) is 23.7 Å². The first-order valence-electron chi connectivity index (χ1n) is 5.80. The fourth-order valence-electron chi connectivity index (χ4n) is 1.48. The molecule has 1 aromatic heterocycles. The van der Waals surface area contributed by atoms with Gasteiger partial charge in [-0.15, -0.1) is 0 Å². The van der Waals surface area contributed by atoms with Gasteiger partial charge >= 0.3 is 5.97 Å². The lowest BCUT2D eigenvalue weighted by Crippen LogP contribution is -2.32. The summed E-state index contributed by atoms with van der Waals surface area (Å²) in [6.45, 7) is 4.65. The summed E-state index contributed by atoms with van der Waals surface area (Å²) in [5, 5.41) is 14.6. The van der Waals surface area contributed by atoms with Gasteiger partial charge in [0.05, 0.1) is 6.26 Å². The van der Waals surface area contributed by atoms with Crippen molar-refractivity contribution in [3.8, 4) is 0 Å². The van der Waals surface area contributed by atoms with E-state index >= 15 is 0 Å². The van der Waals surface area contributed by atoms with E-state index < -0.39 is 5.97 Å². The van der Waals surface area contributed by atoms with Crippen LogP contribution >= 0.6 is 0 Å². The number of hydrogen-bond acceptors (Lipinski definition) is 4. The molecule has 3 N–H and O–H groups in total. The lowest BCUT2D eigenvalue weighted by atomic mass is 10.2. The van der Waals surface area contributed by atoms with Gasteiger partial charge in [0.25, 0.3) is 0 Å². The second kappa shape index (κ2) is 6.80. The number of carbonyl (C=O) groups excluding carboxylic acids is 1. The molecule has 6 nitrogen and oxygen atoms in total. The average Bonchev–Trinajstić information content (AvgIpc) is 2.71. The molecule has 0 spiro atoms. The maximum Gasteiger partial charge on any atom is 0.372 e. The van der Waals surface area contributed by atoms with E-state index in [0.29, 0.717) is 25.1 Å². The topological polar surface area (TPSA) is 91.6 Å². The van der Waals surface area contributed by atoms with Crippen LogP contribution in [0, 0.1) is 0 Å². The lowest BCUT2D eigenvalue weighted by molar-refractivity contribution is -0.121. The average molecular weight is 254 g/mol. The lowest BCUT2D eigenvalue weighted by Gasteiger charge is -2.08. The normalized spacial score (nSPS) is 10.6. The molecule has 0 fully saturated rings. The Bertz CT molecular complexity index is 412. The van der Waals surface area contributed by atoms with Crippen LogP contribution in [0.4, 0.5) is 0 Å². The van der Waals surface area contributed by atoms with Crippen LogP contribution in [0.3, 0.4) is 0 Å². The number of rotatable bonds is 7. The molecule has 0 bridgehead atoms. The van der Waals surface area contributed by atoms with Crippen LogP contribution in [0.5, 0.6) is 0 Å². The van der Waals surface area contributed by atoms with Crippen LogP contribution in [0.25, 0.3) is 0 Å². The highest BCUT2D eigenvalue weighted by Gasteiger charge is 2.13. The SMILES string of the molecule is CC(C)NC(=O)CCNCc1ccoc1C(=O)O. The molecular formula is C12H18N2O4. The largest absolute Gasteiger partial charge is 0.475 e. The molecule has 1 aromatic rings. The van der Waals surface area contributed by atoms with Gasteiger partial charge in [0.1, 0.15) is 0 Å². The van der Waals surface area contributed by atoms with Crippen LogP contribution < -0.4 is 10.6 Å². The van der Waals surface area contributed by atoms with Crippen molar-refractivity contribution in [1.29, 1.82) is 0 Å². The monoisotopic (exact) mass is 254 g/mol. The molecule has 0 aliphatic heterocycles. The second-order valence-electron chi connectivity index (χ2n) is 4.23. The number of aromatic carboxylic acids is 1. The third-order valence-corrected chi connectivity index (χ3v) is 2.23. The zero-order valence-corrected chi connectivity index (χ0v) is 10.5. The van der Waals surface area contributed by atoms with Gasteiger partial charge < -0.3 is 20.2 Å². The Morgan fingerprint density at radius 1 is 1.44 bits per heavy atom. The minimum absolute atomic E-state index is 0.0249. The fraction of sp³-hybridized carbons (Fsp3) is 0.500. The predicted octanol–water partition coefficient (Wildman–Crippen LogP) is 0.982. The van der Waals surface area contributed by atoms with E-state index in [1.807, 2.05) is 13.8 Å². The number of furan rings is 1. The molecule has 1 rings (SSSR count). The van der Waals surface area contributed by atoms with Gasteiger partial charge in [-0.2, -0.15) is 0 Å². The first kappa shape index (κ1) is 14.2. The number of carbonyl (C=O) groups is 2. The highest BCUT2D eigenvalue weighted by Crippen LogP contribution is 2.09. The molecule has 0 aromatic carbocycles. The van der Waals surface area contributed by atoms with E-state index in [1.54, 1.807) is 6.07 Å². The van der Waals surface area contributed by atoms with Gasteiger partial charge in [0.15, 0.2) is 0 Å². The van der Waals surface area contributed by atoms with Gasteiger partial charge in [-0.05, 0) is 19.9 Å². The Labute approximate surface area is 105 Å². The van der Waals surface area contributed by atoms with Crippen molar-refractivity contribution in [1.82, 2.24) is 10.6 Å². The molecule has 18 heavy (non-hydrogen) atoms. The second-order valence-corrected chi connectivity index (χ2v) is 4.23. The third-order valence-electron chi connectivity index (χ3n) is 2.23. The van der Waals surface area contributed by atoms with Crippen LogP contribution in [0.15, 0.2) is 16.7 Å². The van der Waals surface area contributed by atoms with E-state index in [2.05, 4.69) is 10.6 Å². The predicted molar refractivity (Wildman–Crippen MR) is 65.3 cm³/mol. The summed E-state index contributed by atoms with van der Waals surface area (Å²) >= 11 is 0. The first-order valence-corrected chi connectivity index (χ1v) is 5.80.